The number of carbonyl (C=O) groups is 2. The van der Waals surface area contributed by atoms with Crippen LogP contribution in [0, 0.1) is 0 Å². The lowest BCUT2D eigenvalue weighted by Gasteiger charge is -2.14. The second kappa shape index (κ2) is 14.1. The van der Waals surface area contributed by atoms with Crippen LogP contribution in [0.1, 0.15) is 27.9 Å². The third-order valence-corrected chi connectivity index (χ3v) is 9.62. The zero-order chi connectivity index (χ0) is 32.0. The molecule has 4 aromatic carbocycles. The molecular formula is C32H27ClN2O8S2. The van der Waals surface area contributed by atoms with Gasteiger partial charge in [0, 0.05) is 16.3 Å². The lowest BCUT2D eigenvalue weighted by atomic mass is 10.1. The summed E-state index contributed by atoms with van der Waals surface area (Å²) in [7, 11) is -3.51. The van der Waals surface area contributed by atoms with Gasteiger partial charge in [0.05, 0.1) is 16.3 Å². The first-order valence-corrected chi connectivity index (χ1v) is 16.7. The van der Waals surface area contributed by atoms with Crippen LogP contribution in [0.4, 0.5) is 5.69 Å². The predicted octanol–water partition coefficient (Wildman–Crippen LogP) is 6.60. The number of phenols is 1. The maximum Gasteiger partial charge on any atom is 0.341 e. The molecule has 5 aromatic rings. The van der Waals surface area contributed by atoms with Crippen molar-refractivity contribution in [2.24, 2.45) is 0 Å². The first-order valence-electron chi connectivity index (χ1n) is 13.6. The SMILES string of the molecule is O=C(O)COc1ccc(CCCS(=O)(=O)c2ccc(Cl)cc2)cc1NC(=O)c1ccc(CSc2nc3cccc(O)c3o2)cc1. The number of oxazole rings is 1. The van der Waals surface area contributed by atoms with Crippen LogP contribution in [0.2, 0.25) is 5.02 Å². The van der Waals surface area contributed by atoms with Crippen molar-refractivity contribution in [1.82, 2.24) is 4.98 Å². The lowest BCUT2D eigenvalue weighted by Crippen LogP contribution is -2.15. The number of anilines is 1. The molecule has 5 rings (SSSR count). The molecule has 0 aliphatic rings. The maximum absolute atomic E-state index is 13.1. The number of aromatic hydroxyl groups is 1. The minimum Gasteiger partial charge on any atom is -0.504 e. The number of para-hydroxylation sites is 1. The Morgan fingerprint density at radius 3 is 2.42 bits per heavy atom. The van der Waals surface area contributed by atoms with Crippen LogP contribution in [0.25, 0.3) is 11.1 Å². The number of aliphatic carboxylic acids is 1. The van der Waals surface area contributed by atoms with Crippen LogP contribution in [-0.4, -0.2) is 47.9 Å². The number of thioether (sulfide) groups is 1. The molecule has 3 N–H and O–H groups in total. The summed E-state index contributed by atoms with van der Waals surface area (Å²) in [5.74, 6) is -1.00. The molecule has 1 heterocycles. The van der Waals surface area contributed by atoms with Gasteiger partial charge in [-0.3, -0.25) is 4.79 Å². The van der Waals surface area contributed by atoms with E-state index in [9.17, 15) is 23.1 Å². The summed E-state index contributed by atoms with van der Waals surface area (Å²) < 4.78 is 36.4. The molecule has 0 aliphatic carbocycles. The topological polar surface area (TPSA) is 156 Å². The zero-order valence-corrected chi connectivity index (χ0v) is 26.0. The number of aromatic nitrogens is 1. The number of sulfone groups is 1. The second-order valence-electron chi connectivity index (χ2n) is 9.93. The molecule has 13 heteroatoms. The average Bonchev–Trinajstić information content (AvgIpc) is 3.44. The minimum absolute atomic E-state index is 0.0198. The molecule has 0 saturated carbocycles. The molecule has 0 spiro atoms. The Morgan fingerprint density at radius 2 is 1.71 bits per heavy atom. The number of carboxylic acid groups (broad SMARTS) is 1. The number of phenolic OH excluding ortho intramolecular Hbond substituents is 1. The number of rotatable bonds is 13. The highest BCUT2D eigenvalue weighted by molar-refractivity contribution is 7.98. The van der Waals surface area contributed by atoms with Crippen molar-refractivity contribution in [3.8, 4) is 11.5 Å². The van der Waals surface area contributed by atoms with Gasteiger partial charge in [-0.2, -0.15) is 0 Å². The number of nitrogens with zero attached hydrogens (tertiary/aromatic N) is 1. The Kier molecular flexibility index (Phi) is 9.96. The summed E-state index contributed by atoms with van der Waals surface area (Å²) in [4.78, 5) is 28.8. The molecule has 0 saturated heterocycles. The van der Waals surface area contributed by atoms with Gasteiger partial charge < -0.3 is 24.7 Å². The fourth-order valence-corrected chi connectivity index (χ4v) is 6.61. The number of carbonyl (C=O) groups excluding carboxylic acids is 1. The molecule has 0 atom stereocenters. The van der Waals surface area contributed by atoms with Crippen LogP contribution in [0.5, 0.6) is 11.5 Å². The third kappa shape index (κ3) is 8.35. The van der Waals surface area contributed by atoms with E-state index in [0.29, 0.717) is 45.5 Å². The lowest BCUT2D eigenvalue weighted by molar-refractivity contribution is -0.139. The number of nitrogens with one attached hydrogen (secondary N) is 1. The van der Waals surface area contributed by atoms with E-state index in [1.54, 1.807) is 54.6 Å². The quantitative estimate of drug-likeness (QED) is 0.117. The second-order valence-corrected chi connectivity index (χ2v) is 13.4. The number of aryl methyl sites for hydroxylation is 1. The van der Waals surface area contributed by atoms with Crippen LogP contribution in [0.15, 0.2) is 99.5 Å². The number of hydrogen-bond donors (Lipinski definition) is 3. The van der Waals surface area contributed by atoms with Crippen LogP contribution in [-0.2, 0) is 26.8 Å². The van der Waals surface area contributed by atoms with Crippen molar-refractivity contribution < 1.29 is 37.4 Å². The molecule has 45 heavy (non-hydrogen) atoms. The molecule has 0 unspecified atom stereocenters. The Hall–Kier alpha value is -4.52. The minimum atomic E-state index is -3.51. The van der Waals surface area contributed by atoms with Gasteiger partial charge in [0.25, 0.3) is 11.1 Å². The van der Waals surface area contributed by atoms with Gasteiger partial charge in [0.1, 0.15) is 11.3 Å². The monoisotopic (exact) mass is 666 g/mol. The summed E-state index contributed by atoms with van der Waals surface area (Å²) in [6.45, 7) is -0.604. The molecule has 10 nitrogen and oxygen atoms in total. The maximum atomic E-state index is 13.1. The number of halogens is 1. The summed E-state index contributed by atoms with van der Waals surface area (Å²) in [6, 6.07) is 22.8. The van der Waals surface area contributed by atoms with Crippen molar-refractivity contribution in [2.45, 2.75) is 28.7 Å². The number of benzene rings is 4. The van der Waals surface area contributed by atoms with Crippen molar-refractivity contribution in [1.29, 1.82) is 0 Å². The first kappa shape index (κ1) is 31.9. The highest BCUT2D eigenvalue weighted by atomic mass is 35.5. The van der Waals surface area contributed by atoms with Crippen molar-refractivity contribution in [3.63, 3.8) is 0 Å². The molecule has 1 amide bonds. The van der Waals surface area contributed by atoms with Crippen LogP contribution in [0.3, 0.4) is 0 Å². The number of fused-ring (bicyclic) bond motifs is 1. The summed E-state index contributed by atoms with van der Waals surface area (Å²) in [6.07, 6.45) is 0.707. The number of amides is 1. The third-order valence-electron chi connectivity index (χ3n) is 6.65. The van der Waals surface area contributed by atoms with Gasteiger partial charge in [0.2, 0.25) is 0 Å². The average molecular weight is 667 g/mol. The number of hydrogen-bond acceptors (Lipinski definition) is 9. The van der Waals surface area contributed by atoms with E-state index in [-0.39, 0.29) is 27.8 Å². The summed E-state index contributed by atoms with van der Waals surface area (Å²) in [5, 5.41) is 22.6. The van der Waals surface area contributed by atoms with E-state index < -0.39 is 28.3 Å². The zero-order valence-electron chi connectivity index (χ0n) is 23.6. The van der Waals surface area contributed by atoms with Gasteiger partial charge >= 0.3 is 5.97 Å². The van der Waals surface area contributed by atoms with E-state index in [1.165, 1.54) is 42.1 Å². The fraction of sp³-hybridized carbons (Fsp3) is 0.156. The van der Waals surface area contributed by atoms with Gasteiger partial charge in [-0.05, 0) is 84.6 Å². The number of carboxylic acids is 1. The molecule has 0 radical (unpaired) electrons. The van der Waals surface area contributed by atoms with Gasteiger partial charge in [-0.25, -0.2) is 18.2 Å². The summed E-state index contributed by atoms with van der Waals surface area (Å²) in [5.41, 5.74) is 3.15. The van der Waals surface area contributed by atoms with E-state index >= 15 is 0 Å². The first-order chi connectivity index (χ1) is 21.6. The van der Waals surface area contributed by atoms with Crippen molar-refractivity contribution in [3.05, 3.63) is 107 Å². The normalized spacial score (nSPS) is 11.4. The molecule has 0 fully saturated rings. The Bertz CT molecular complexity index is 1940. The van der Waals surface area contributed by atoms with Gasteiger partial charge in [0.15, 0.2) is 27.8 Å². The highest BCUT2D eigenvalue weighted by Crippen LogP contribution is 2.31. The summed E-state index contributed by atoms with van der Waals surface area (Å²) >= 11 is 7.21. The smallest absolute Gasteiger partial charge is 0.341 e. The fourth-order valence-electron chi connectivity index (χ4n) is 4.39. The number of ether oxygens (including phenoxy) is 1. The van der Waals surface area contributed by atoms with E-state index in [1.807, 2.05) is 0 Å². The Labute approximate surface area is 267 Å². The standard InChI is InChI=1S/C32H27ClN2O8S2/c33-23-11-13-24(14-12-23)45(40,41)16-2-3-20-8-15-28(42-18-29(37)38)26(17-20)34-31(39)22-9-6-21(7-10-22)19-44-32-35-25-4-1-5-27(36)30(25)43-32/h1,4-15,17,36H,2-3,16,18-19H2,(H,34,39)(H,37,38). The highest BCUT2D eigenvalue weighted by Gasteiger charge is 2.16. The molecule has 0 aliphatic heterocycles. The van der Waals surface area contributed by atoms with Gasteiger partial charge in [-0.1, -0.05) is 47.6 Å². The molecule has 1 aromatic heterocycles. The molecule has 0 bridgehead atoms. The predicted molar refractivity (Wildman–Crippen MR) is 171 cm³/mol. The van der Waals surface area contributed by atoms with Crippen molar-refractivity contribution >= 4 is 61.9 Å². The van der Waals surface area contributed by atoms with Crippen molar-refractivity contribution in [2.75, 3.05) is 17.7 Å². The Balaban J connectivity index is 1.23. The van der Waals surface area contributed by atoms with E-state index in [0.717, 1.165) is 11.1 Å². The van der Waals surface area contributed by atoms with E-state index in [2.05, 4.69) is 10.3 Å². The largest absolute Gasteiger partial charge is 0.504 e. The van der Waals surface area contributed by atoms with E-state index in [4.69, 9.17) is 25.9 Å². The van der Waals surface area contributed by atoms with Crippen LogP contribution < -0.4 is 10.1 Å². The molecular weight excluding hydrogens is 640 g/mol. The Morgan fingerprint density at radius 1 is 0.978 bits per heavy atom. The van der Waals surface area contributed by atoms with Crippen LogP contribution >= 0.6 is 23.4 Å². The van der Waals surface area contributed by atoms with Gasteiger partial charge in [-0.15, -0.1) is 0 Å². The molecule has 232 valence electrons.